The highest BCUT2D eigenvalue weighted by molar-refractivity contribution is 7.09. The Balaban J connectivity index is 1.41. The first-order valence-corrected chi connectivity index (χ1v) is 8.21. The number of carbonyl (C=O) groups is 1. The number of rotatable bonds is 5. The van der Waals surface area contributed by atoms with Gasteiger partial charge in [0.05, 0.1) is 19.3 Å². The van der Waals surface area contributed by atoms with E-state index in [0.29, 0.717) is 13.1 Å². The molecule has 0 spiro atoms. The molecular weight excluding hydrogens is 298 g/mol. The lowest BCUT2D eigenvalue weighted by molar-refractivity contribution is -0.122. The summed E-state index contributed by atoms with van der Waals surface area (Å²) >= 11 is 1.66. The number of nitrogens with zero attached hydrogens (tertiary/aromatic N) is 4. The van der Waals surface area contributed by atoms with E-state index >= 15 is 0 Å². The van der Waals surface area contributed by atoms with Gasteiger partial charge in [0, 0.05) is 43.4 Å². The zero-order chi connectivity index (χ0) is 15.2. The van der Waals surface area contributed by atoms with Crippen LogP contribution in [0.5, 0.6) is 0 Å². The van der Waals surface area contributed by atoms with Gasteiger partial charge in [-0.15, -0.1) is 11.3 Å². The molecule has 1 aliphatic heterocycles. The summed E-state index contributed by atoms with van der Waals surface area (Å²) in [7, 11) is 0. The Morgan fingerprint density at radius 3 is 2.82 bits per heavy atom. The van der Waals surface area contributed by atoms with Crippen LogP contribution in [0.2, 0.25) is 0 Å². The van der Waals surface area contributed by atoms with Gasteiger partial charge in [-0.25, -0.2) is 4.98 Å². The lowest BCUT2D eigenvalue weighted by atomic mass is 10.3. The number of aromatic nitrogens is 2. The normalized spacial score (nSPS) is 15.7. The van der Waals surface area contributed by atoms with Gasteiger partial charge in [-0.05, 0) is 11.4 Å². The lowest BCUT2D eigenvalue weighted by Gasteiger charge is -2.34. The van der Waals surface area contributed by atoms with E-state index in [1.54, 1.807) is 29.9 Å². The van der Waals surface area contributed by atoms with Crippen LogP contribution in [-0.4, -0.2) is 53.5 Å². The molecule has 0 saturated carbocycles. The van der Waals surface area contributed by atoms with E-state index in [1.165, 1.54) is 4.88 Å². The van der Waals surface area contributed by atoms with Crippen LogP contribution in [0, 0.1) is 0 Å². The number of amides is 1. The average molecular weight is 317 g/mol. The second-order valence-electron chi connectivity index (χ2n) is 5.18. The first-order valence-electron chi connectivity index (χ1n) is 7.33. The van der Waals surface area contributed by atoms with Crippen molar-refractivity contribution in [3.05, 3.63) is 41.0 Å². The molecule has 0 radical (unpaired) electrons. The molecule has 1 saturated heterocycles. The molecule has 3 rings (SSSR count). The molecule has 22 heavy (non-hydrogen) atoms. The van der Waals surface area contributed by atoms with Crippen molar-refractivity contribution in [2.75, 3.05) is 37.6 Å². The molecule has 7 heteroatoms. The summed E-state index contributed by atoms with van der Waals surface area (Å²) in [6, 6.07) is 4.03. The zero-order valence-corrected chi connectivity index (χ0v) is 13.1. The maximum absolute atomic E-state index is 12.0. The van der Waals surface area contributed by atoms with E-state index in [0.717, 1.165) is 32.0 Å². The van der Waals surface area contributed by atoms with Crippen LogP contribution in [0.3, 0.4) is 0 Å². The average Bonchev–Trinajstić information content (AvgIpc) is 3.08. The Labute approximate surface area is 133 Å². The molecule has 0 aliphatic carbocycles. The molecule has 1 N–H and O–H groups in total. The molecule has 0 bridgehead atoms. The maximum Gasteiger partial charge on any atom is 0.234 e. The molecule has 3 heterocycles. The van der Waals surface area contributed by atoms with E-state index in [9.17, 15) is 4.79 Å². The van der Waals surface area contributed by atoms with E-state index < -0.39 is 0 Å². The van der Waals surface area contributed by atoms with Gasteiger partial charge in [-0.3, -0.25) is 14.7 Å². The Hall–Kier alpha value is -1.99. The molecule has 0 atom stereocenters. The fourth-order valence-electron chi connectivity index (χ4n) is 2.45. The van der Waals surface area contributed by atoms with Crippen LogP contribution in [0.25, 0.3) is 0 Å². The van der Waals surface area contributed by atoms with Gasteiger partial charge in [0.15, 0.2) is 0 Å². The highest BCUT2D eigenvalue weighted by Crippen LogP contribution is 2.11. The predicted octanol–water partition coefficient (Wildman–Crippen LogP) is 0.977. The Bertz CT molecular complexity index is 581. The first-order chi connectivity index (χ1) is 10.8. The molecule has 2 aromatic rings. The van der Waals surface area contributed by atoms with Crippen molar-refractivity contribution in [2.24, 2.45) is 0 Å². The lowest BCUT2D eigenvalue weighted by Crippen LogP contribution is -2.49. The van der Waals surface area contributed by atoms with Crippen LogP contribution in [0.15, 0.2) is 36.1 Å². The van der Waals surface area contributed by atoms with Crippen LogP contribution in [-0.2, 0) is 11.3 Å². The fraction of sp³-hybridized carbons (Fsp3) is 0.400. The van der Waals surface area contributed by atoms with E-state index in [1.807, 2.05) is 17.5 Å². The highest BCUT2D eigenvalue weighted by Gasteiger charge is 2.19. The van der Waals surface area contributed by atoms with E-state index in [2.05, 4.69) is 25.1 Å². The van der Waals surface area contributed by atoms with Gasteiger partial charge in [0.1, 0.15) is 5.82 Å². The number of anilines is 1. The number of hydrogen-bond donors (Lipinski definition) is 1. The molecular formula is C15H19N5OS. The molecule has 0 aromatic carbocycles. The molecule has 1 fully saturated rings. The fourth-order valence-corrected chi connectivity index (χ4v) is 3.09. The van der Waals surface area contributed by atoms with Crippen molar-refractivity contribution in [3.63, 3.8) is 0 Å². The standard InChI is InChI=1S/C15H19N5OS/c21-15(18-10-13-2-1-9-22-13)12-19-5-7-20(8-6-19)14-11-16-3-4-17-14/h1-4,9,11H,5-8,10,12H2,(H,18,21). The summed E-state index contributed by atoms with van der Waals surface area (Å²) in [6.07, 6.45) is 5.17. The van der Waals surface area contributed by atoms with Crippen LogP contribution < -0.4 is 10.2 Å². The van der Waals surface area contributed by atoms with Crippen molar-refractivity contribution in [1.82, 2.24) is 20.2 Å². The van der Waals surface area contributed by atoms with Crippen molar-refractivity contribution in [1.29, 1.82) is 0 Å². The number of thiophene rings is 1. The SMILES string of the molecule is O=C(CN1CCN(c2cnccn2)CC1)NCc1cccs1. The molecule has 2 aromatic heterocycles. The van der Waals surface area contributed by atoms with Crippen molar-refractivity contribution < 1.29 is 4.79 Å². The minimum atomic E-state index is 0.0846. The Kier molecular flexibility index (Phi) is 4.97. The van der Waals surface area contributed by atoms with Crippen molar-refractivity contribution >= 4 is 23.1 Å². The summed E-state index contributed by atoms with van der Waals surface area (Å²) in [6.45, 7) is 4.55. The summed E-state index contributed by atoms with van der Waals surface area (Å²) in [5.74, 6) is 0.991. The van der Waals surface area contributed by atoms with Gasteiger partial charge in [0.25, 0.3) is 0 Å². The number of piperazine rings is 1. The van der Waals surface area contributed by atoms with Gasteiger partial charge in [0.2, 0.25) is 5.91 Å². The number of nitrogens with one attached hydrogen (secondary N) is 1. The third-order valence-electron chi connectivity index (χ3n) is 3.65. The third-order valence-corrected chi connectivity index (χ3v) is 4.53. The van der Waals surface area contributed by atoms with E-state index in [-0.39, 0.29) is 5.91 Å². The predicted molar refractivity (Wildman–Crippen MR) is 86.9 cm³/mol. The second-order valence-corrected chi connectivity index (χ2v) is 6.22. The second kappa shape index (κ2) is 7.33. The Morgan fingerprint density at radius 2 is 2.14 bits per heavy atom. The zero-order valence-electron chi connectivity index (χ0n) is 12.3. The van der Waals surface area contributed by atoms with Gasteiger partial charge >= 0.3 is 0 Å². The summed E-state index contributed by atoms with van der Waals surface area (Å²) < 4.78 is 0. The minimum absolute atomic E-state index is 0.0846. The van der Waals surface area contributed by atoms with Crippen molar-refractivity contribution in [2.45, 2.75) is 6.54 Å². The van der Waals surface area contributed by atoms with Crippen LogP contribution in [0.1, 0.15) is 4.88 Å². The van der Waals surface area contributed by atoms with Crippen molar-refractivity contribution in [3.8, 4) is 0 Å². The summed E-state index contributed by atoms with van der Waals surface area (Å²) in [5, 5.41) is 4.99. The van der Waals surface area contributed by atoms with E-state index in [4.69, 9.17) is 0 Å². The number of hydrogen-bond acceptors (Lipinski definition) is 6. The quantitative estimate of drug-likeness (QED) is 0.891. The molecule has 1 aliphatic rings. The van der Waals surface area contributed by atoms with Gasteiger partial charge in [-0.2, -0.15) is 0 Å². The number of carbonyl (C=O) groups excluding carboxylic acids is 1. The largest absolute Gasteiger partial charge is 0.353 e. The molecule has 0 unspecified atom stereocenters. The maximum atomic E-state index is 12.0. The monoisotopic (exact) mass is 317 g/mol. The molecule has 6 nitrogen and oxygen atoms in total. The van der Waals surface area contributed by atoms with Crippen LogP contribution in [0.4, 0.5) is 5.82 Å². The molecule has 1 amide bonds. The minimum Gasteiger partial charge on any atom is -0.353 e. The molecule has 116 valence electrons. The summed E-state index contributed by atoms with van der Waals surface area (Å²) in [4.78, 5) is 25.9. The topological polar surface area (TPSA) is 61.4 Å². The first kappa shape index (κ1) is 14.9. The van der Waals surface area contributed by atoms with Gasteiger partial charge in [-0.1, -0.05) is 6.07 Å². The Morgan fingerprint density at radius 1 is 1.27 bits per heavy atom. The highest BCUT2D eigenvalue weighted by atomic mass is 32.1. The summed E-state index contributed by atoms with van der Waals surface area (Å²) in [5.41, 5.74) is 0. The van der Waals surface area contributed by atoms with Crippen LogP contribution >= 0.6 is 11.3 Å². The third kappa shape index (κ3) is 4.02. The smallest absolute Gasteiger partial charge is 0.234 e. The van der Waals surface area contributed by atoms with Gasteiger partial charge < -0.3 is 10.2 Å².